The zero-order valence-electron chi connectivity index (χ0n) is 12.6. The molecule has 1 aliphatic carbocycles. The summed E-state index contributed by atoms with van der Waals surface area (Å²) in [6, 6.07) is 10.8. The third-order valence-corrected chi connectivity index (χ3v) is 4.36. The highest BCUT2D eigenvalue weighted by Gasteiger charge is 2.31. The Hall–Kier alpha value is -2.36. The highest BCUT2D eigenvalue weighted by Crippen LogP contribution is 2.33. The number of nitrogens with zero attached hydrogens (tertiary/aromatic N) is 2. The predicted octanol–water partition coefficient (Wildman–Crippen LogP) is 3.25. The molecule has 4 nitrogen and oxygen atoms in total. The van der Waals surface area contributed by atoms with Crippen LogP contribution in [-0.2, 0) is 6.42 Å². The first-order valence-corrected chi connectivity index (χ1v) is 7.85. The van der Waals surface area contributed by atoms with Crippen molar-refractivity contribution in [3.8, 4) is 0 Å². The molecule has 0 spiro atoms. The van der Waals surface area contributed by atoms with Crippen LogP contribution in [0.3, 0.4) is 0 Å². The second-order valence-corrected chi connectivity index (χ2v) is 6.24. The van der Waals surface area contributed by atoms with Crippen LogP contribution < -0.4 is 10.2 Å². The van der Waals surface area contributed by atoms with Gasteiger partial charge in [0.05, 0.1) is 11.3 Å². The maximum absolute atomic E-state index is 12.9. The summed E-state index contributed by atoms with van der Waals surface area (Å²) in [5.74, 6) is 0.0318. The summed E-state index contributed by atoms with van der Waals surface area (Å²) in [4.78, 5) is 19.1. The van der Waals surface area contributed by atoms with E-state index >= 15 is 0 Å². The van der Waals surface area contributed by atoms with Crippen LogP contribution in [-0.4, -0.2) is 23.0 Å². The molecule has 1 aromatic carbocycles. The highest BCUT2D eigenvalue weighted by atomic mass is 16.2. The molecule has 2 aromatic rings. The van der Waals surface area contributed by atoms with E-state index in [0.29, 0.717) is 11.6 Å². The minimum absolute atomic E-state index is 0.0318. The molecule has 1 saturated carbocycles. The molecular formula is C18H19N3O. The average molecular weight is 293 g/mol. The number of aromatic nitrogens is 1. The van der Waals surface area contributed by atoms with E-state index in [1.54, 1.807) is 12.4 Å². The zero-order chi connectivity index (χ0) is 15.1. The Morgan fingerprint density at radius 3 is 2.91 bits per heavy atom. The van der Waals surface area contributed by atoms with Crippen LogP contribution in [0.1, 0.15) is 35.7 Å². The third-order valence-electron chi connectivity index (χ3n) is 4.36. The van der Waals surface area contributed by atoms with Gasteiger partial charge < -0.3 is 10.2 Å². The normalized spacial score (nSPS) is 19.9. The minimum Gasteiger partial charge on any atom is -0.381 e. The Labute approximate surface area is 130 Å². The number of hydrogen-bond acceptors (Lipinski definition) is 3. The second-order valence-electron chi connectivity index (χ2n) is 6.24. The summed E-state index contributed by atoms with van der Waals surface area (Å²) in [7, 11) is 0. The number of rotatable bonds is 3. The Morgan fingerprint density at radius 1 is 1.27 bits per heavy atom. The lowest BCUT2D eigenvalue weighted by molar-refractivity contribution is 0.0981. The molecular weight excluding hydrogens is 274 g/mol. The van der Waals surface area contributed by atoms with Gasteiger partial charge in [0.15, 0.2) is 0 Å². The molecule has 1 unspecified atom stereocenters. The lowest BCUT2D eigenvalue weighted by Gasteiger charge is -2.23. The largest absolute Gasteiger partial charge is 0.381 e. The van der Waals surface area contributed by atoms with Gasteiger partial charge in [-0.3, -0.25) is 9.78 Å². The average Bonchev–Trinajstić information content (AvgIpc) is 3.27. The molecule has 2 heterocycles. The number of fused-ring (bicyclic) bond motifs is 1. The van der Waals surface area contributed by atoms with E-state index in [1.807, 2.05) is 29.2 Å². The predicted molar refractivity (Wildman–Crippen MR) is 87.3 cm³/mol. The molecule has 1 fully saturated rings. The summed E-state index contributed by atoms with van der Waals surface area (Å²) in [6.45, 7) is 2.09. The van der Waals surface area contributed by atoms with Crippen molar-refractivity contribution in [2.24, 2.45) is 0 Å². The molecule has 4 heteroatoms. The third kappa shape index (κ3) is 2.34. The van der Waals surface area contributed by atoms with Crippen molar-refractivity contribution in [2.45, 2.75) is 38.3 Å². The number of pyridine rings is 1. The first-order valence-electron chi connectivity index (χ1n) is 7.85. The quantitative estimate of drug-likeness (QED) is 0.945. The molecule has 1 aliphatic heterocycles. The van der Waals surface area contributed by atoms with Gasteiger partial charge in [0.25, 0.3) is 5.91 Å². The van der Waals surface area contributed by atoms with E-state index in [4.69, 9.17) is 0 Å². The number of carbonyl (C=O) groups excluding carboxylic acids is 1. The molecule has 1 atom stereocenters. The fourth-order valence-electron chi connectivity index (χ4n) is 3.11. The molecule has 4 rings (SSSR count). The van der Waals surface area contributed by atoms with E-state index in [-0.39, 0.29) is 11.9 Å². The minimum atomic E-state index is 0.0318. The number of benzene rings is 1. The van der Waals surface area contributed by atoms with Crippen molar-refractivity contribution in [3.63, 3.8) is 0 Å². The van der Waals surface area contributed by atoms with E-state index in [1.165, 1.54) is 18.4 Å². The van der Waals surface area contributed by atoms with Crippen molar-refractivity contribution in [2.75, 3.05) is 10.2 Å². The summed E-state index contributed by atoms with van der Waals surface area (Å²) >= 11 is 0. The van der Waals surface area contributed by atoms with Crippen LogP contribution in [0.15, 0.2) is 42.7 Å². The molecule has 2 aliphatic rings. The Kier molecular flexibility index (Phi) is 3.10. The van der Waals surface area contributed by atoms with Crippen LogP contribution in [0.4, 0.5) is 11.4 Å². The van der Waals surface area contributed by atoms with Crippen LogP contribution in [0.2, 0.25) is 0 Å². The first-order chi connectivity index (χ1) is 10.7. The van der Waals surface area contributed by atoms with Crippen LogP contribution >= 0.6 is 0 Å². The summed E-state index contributed by atoms with van der Waals surface area (Å²) in [5, 5.41) is 3.40. The van der Waals surface area contributed by atoms with Crippen molar-refractivity contribution in [1.29, 1.82) is 0 Å². The molecule has 0 radical (unpaired) electrons. The maximum atomic E-state index is 12.9. The summed E-state index contributed by atoms with van der Waals surface area (Å²) in [6.07, 6.45) is 6.77. The van der Waals surface area contributed by atoms with E-state index < -0.39 is 0 Å². The van der Waals surface area contributed by atoms with Crippen LogP contribution in [0, 0.1) is 0 Å². The van der Waals surface area contributed by atoms with Crippen molar-refractivity contribution >= 4 is 17.3 Å². The highest BCUT2D eigenvalue weighted by molar-refractivity contribution is 6.08. The summed E-state index contributed by atoms with van der Waals surface area (Å²) in [5.41, 5.74) is 3.85. The number of nitrogens with one attached hydrogen (secondary N) is 1. The van der Waals surface area contributed by atoms with Gasteiger partial charge in [0.1, 0.15) is 0 Å². The fourth-order valence-corrected chi connectivity index (χ4v) is 3.11. The lowest BCUT2D eigenvalue weighted by Crippen LogP contribution is -2.35. The van der Waals surface area contributed by atoms with Gasteiger partial charge in [-0.15, -0.1) is 0 Å². The Bertz CT molecular complexity index is 724. The number of carbonyl (C=O) groups is 1. The zero-order valence-corrected chi connectivity index (χ0v) is 12.6. The number of hydrogen-bond donors (Lipinski definition) is 1. The van der Waals surface area contributed by atoms with Gasteiger partial charge in [-0.2, -0.15) is 0 Å². The van der Waals surface area contributed by atoms with Crippen molar-refractivity contribution in [1.82, 2.24) is 4.98 Å². The summed E-state index contributed by atoms with van der Waals surface area (Å²) < 4.78 is 0. The molecule has 1 amide bonds. The number of anilines is 2. The Morgan fingerprint density at radius 2 is 2.09 bits per heavy atom. The van der Waals surface area contributed by atoms with Gasteiger partial charge >= 0.3 is 0 Å². The number of para-hydroxylation sites is 1. The van der Waals surface area contributed by atoms with E-state index in [0.717, 1.165) is 17.8 Å². The monoisotopic (exact) mass is 293 g/mol. The van der Waals surface area contributed by atoms with Gasteiger partial charge in [-0.25, -0.2) is 0 Å². The fraction of sp³-hybridized carbons (Fsp3) is 0.333. The number of amides is 1. The SMILES string of the molecule is CC1Cc2ccccc2N1C(=O)c1cncc(NC2CC2)c1. The smallest absolute Gasteiger partial charge is 0.260 e. The molecule has 0 bridgehead atoms. The van der Waals surface area contributed by atoms with E-state index in [9.17, 15) is 4.79 Å². The Balaban J connectivity index is 1.64. The van der Waals surface area contributed by atoms with Gasteiger partial charge in [-0.05, 0) is 43.9 Å². The second kappa shape index (κ2) is 5.13. The molecule has 22 heavy (non-hydrogen) atoms. The van der Waals surface area contributed by atoms with Gasteiger partial charge in [0, 0.05) is 30.2 Å². The van der Waals surface area contributed by atoms with Gasteiger partial charge in [-0.1, -0.05) is 18.2 Å². The lowest BCUT2D eigenvalue weighted by atomic mass is 10.1. The van der Waals surface area contributed by atoms with Crippen molar-refractivity contribution < 1.29 is 4.79 Å². The first kappa shape index (κ1) is 13.3. The van der Waals surface area contributed by atoms with E-state index in [2.05, 4.69) is 23.3 Å². The molecule has 1 N–H and O–H groups in total. The van der Waals surface area contributed by atoms with Gasteiger partial charge in [0.2, 0.25) is 0 Å². The molecule has 0 saturated heterocycles. The van der Waals surface area contributed by atoms with Crippen LogP contribution in [0.25, 0.3) is 0 Å². The maximum Gasteiger partial charge on any atom is 0.260 e. The van der Waals surface area contributed by atoms with Crippen molar-refractivity contribution in [3.05, 3.63) is 53.9 Å². The molecule has 112 valence electrons. The topological polar surface area (TPSA) is 45.2 Å². The van der Waals surface area contributed by atoms with Crippen LogP contribution in [0.5, 0.6) is 0 Å². The standard InChI is InChI=1S/C18H19N3O/c1-12-8-13-4-2-3-5-17(13)21(12)18(22)14-9-16(11-19-10-14)20-15-6-7-15/h2-5,9-12,15,20H,6-8H2,1H3. The molecule has 1 aromatic heterocycles.